The number of sulfone groups is 1. The molecule has 0 saturated heterocycles. The number of carboxylic acid groups (broad SMARTS) is 1. The Morgan fingerprint density at radius 2 is 1.72 bits per heavy atom. The van der Waals surface area contributed by atoms with E-state index in [0.717, 1.165) is 28.9 Å². The SMILES string of the molecule is O=C(O)Cn1nc(S(=O)(=O)Cc2ccc(F)cc2)c2ccc(F)cc21. The van der Waals surface area contributed by atoms with Crippen LogP contribution in [0.15, 0.2) is 47.5 Å². The van der Waals surface area contributed by atoms with E-state index in [9.17, 15) is 22.0 Å². The van der Waals surface area contributed by atoms with Gasteiger partial charge in [0.05, 0.1) is 11.3 Å². The summed E-state index contributed by atoms with van der Waals surface area (Å²) in [7, 11) is -3.95. The fraction of sp³-hybridized carbons (Fsp3) is 0.125. The summed E-state index contributed by atoms with van der Waals surface area (Å²) >= 11 is 0. The largest absolute Gasteiger partial charge is 0.480 e. The zero-order chi connectivity index (χ0) is 18.2. The minimum atomic E-state index is -3.95. The van der Waals surface area contributed by atoms with Crippen molar-refractivity contribution in [2.45, 2.75) is 17.3 Å². The summed E-state index contributed by atoms with van der Waals surface area (Å²) in [6.07, 6.45) is 0. The first-order valence-electron chi connectivity index (χ1n) is 7.11. The van der Waals surface area contributed by atoms with Gasteiger partial charge in [0.15, 0.2) is 5.03 Å². The Bertz CT molecular complexity index is 1060. The quantitative estimate of drug-likeness (QED) is 0.749. The van der Waals surface area contributed by atoms with Gasteiger partial charge in [-0.15, -0.1) is 0 Å². The summed E-state index contributed by atoms with van der Waals surface area (Å²) in [6.45, 7) is -0.605. The molecular formula is C16H12F2N2O4S. The number of fused-ring (bicyclic) bond motifs is 1. The zero-order valence-corrected chi connectivity index (χ0v) is 13.5. The lowest BCUT2D eigenvalue weighted by molar-refractivity contribution is -0.137. The third-order valence-electron chi connectivity index (χ3n) is 3.53. The summed E-state index contributed by atoms with van der Waals surface area (Å²) in [5.41, 5.74) is 0.421. The molecule has 2 aromatic carbocycles. The summed E-state index contributed by atoms with van der Waals surface area (Å²) in [4.78, 5) is 10.9. The minimum Gasteiger partial charge on any atom is -0.480 e. The van der Waals surface area contributed by atoms with Crippen LogP contribution >= 0.6 is 0 Å². The van der Waals surface area contributed by atoms with Crippen LogP contribution in [-0.2, 0) is 26.9 Å². The average Bonchev–Trinajstić information content (AvgIpc) is 2.88. The van der Waals surface area contributed by atoms with Crippen LogP contribution in [0.1, 0.15) is 5.56 Å². The highest BCUT2D eigenvalue weighted by atomic mass is 32.2. The van der Waals surface area contributed by atoms with E-state index in [-0.39, 0.29) is 15.9 Å². The van der Waals surface area contributed by atoms with Crippen LogP contribution in [0, 0.1) is 11.6 Å². The van der Waals surface area contributed by atoms with Crippen LogP contribution in [0.3, 0.4) is 0 Å². The number of rotatable bonds is 5. The molecule has 25 heavy (non-hydrogen) atoms. The molecule has 1 N–H and O–H groups in total. The van der Waals surface area contributed by atoms with E-state index in [4.69, 9.17) is 5.11 Å². The van der Waals surface area contributed by atoms with Gasteiger partial charge in [-0.3, -0.25) is 9.48 Å². The van der Waals surface area contributed by atoms with Gasteiger partial charge in [-0.2, -0.15) is 5.10 Å². The van der Waals surface area contributed by atoms with E-state index < -0.39 is 39.7 Å². The Morgan fingerprint density at radius 3 is 2.36 bits per heavy atom. The highest BCUT2D eigenvalue weighted by Crippen LogP contribution is 2.26. The van der Waals surface area contributed by atoms with Crippen molar-refractivity contribution in [1.82, 2.24) is 9.78 Å². The van der Waals surface area contributed by atoms with Crippen molar-refractivity contribution >= 4 is 26.7 Å². The van der Waals surface area contributed by atoms with Gasteiger partial charge in [0.2, 0.25) is 9.84 Å². The standard InChI is InChI=1S/C16H12F2N2O4S/c17-11-3-1-10(2-4-11)9-25(23,24)16-13-6-5-12(18)7-14(13)20(19-16)8-15(21)22/h1-7H,8-9H2,(H,21,22). The van der Waals surface area contributed by atoms with E-state index in [0.29, 0.717) is 5.56 Å². The molecule has 0 unspecified atom stereocenters. The Balaban J connectivity index is 2.10. The predicted octanol–water partition coefficient (Wildman–Crippen LogP) is 2.37. The molecular weight excluding hydrogens is 354 g/mol. The van der Waals surface area contributed by atoms with E-state index >= 15 is 0 Å². The highest BCUT2D eigenvalue weighted by molar-refractivity contribution is 7.90. The van der Waals surface area contributed by atoms with Crippen LogP contribution in [0.4, 0.5) is 8.78 Å². The molecule has 6 nitrogen and oxygen atoms in total. The van der Waals surface area contributed by atoms with E-state index in [1.165, 1.54) is 18.2 Å². The number of halogens is 2. The molecule has 0 fully saturated rings. The normalized spacial score (nSPS) is 11.8. The summed E-state index contributed by atoms with van der Waals surface area (Å²) < 4.78 is 52.7. The average molecular weight is 366 g/mol. The second-order valence-electron chi connectivity index (χ2n) is 5.40. The van der Waals surface area contributed by atoms with Crippen molar-refractivity contribution in [2.24, 2.45) is 0 Å². The monoisotopic (exact) mass is 366 g/mol. The molecule has 1 aromatic heterocycles. The van der Waals surface area contributed by atoms with Crippen LogP contribution in [0.2, 0.25) is 0 Å². The maximum atomic E-state index is 13.5. The molecule has 9 heteroatoms. The Labute approximate surface area is 141 Å². The molecule has 0 saturated carbocycles. The summed E-state index contributed by atoms with van der Waals surface area (Å²) in [5, 5.41) is 12.6. The first-order chi connectivity index (χ1) is 11.8. The van der Waals surface area contributed by atoms with Crippen molar-refractivity contribution in [1.29, 1.82) is 0 Å². The van der Waals surface area contributed by atoms with Crippen molar-refractivity contribution in [3.05, 3.63) is 59.7 Å². The first-order valence-corrected chi connectivity index (χ1v) is 8.76. The Kier molecular flexibility index (Phi) is 4.25. The molecule has 0 spiro atoms. The second-order valence-corrected chi connectivity index (χ2v) is 7.31. The molecule has 0 aliphatic rings. The lowest BCUT2D eigenvalue weighted by Crippen LogP contribution is -2.12. The van der Waals surface area contributed by atoms with Crippen LogP contribution in [0.5, 0.6) is 0 Å². The van der Waals surface area contributed by atoms with Gasteiger partial charge >= 0.3 is 5.97 Å². The smallest absolute Gasteiger partial charge is 0.325 e. The molecule has 0 aliphatic heterocycles. The topological polar surface area (TPSA) is 89.3 Å². The number of carboxylic acids is 1. The third-order valence-corrected chi connectivity index (χ3v) is 5.13. The van der Waals surface area contributed by atoms with Gasteiger partial charge in [0.1, 0.15) is 18.2 Å². The second kappa shape index (κ2) is 6.25. The van der Waals surface area contributed by atoms with Gasteiger partial charge in [-0.25, -0.2) is 17.2 Å². The molecule has 0 bridgehead atoms. The first kappa shape index (κ1) is 17.0. The molecule has 3 rings (SSSR count). The summed E-state index contributed by atoms with van der Waals surface area (Å²) in [5.74, 6) is -2.81. The van der Waals surface area contributed by atoms with Crippen LogP contribution in [-0.4, -0.2) is 29.3 Å². The van der Waals surface area contributed by atoms with E-state index in [2.05, 4.69) is 5.10 Å². The Hall–Kier alpha value is -2.81. The molecule has 0 aliphatic carbocycles. The highest BCUT2D eigenvalue weighted by Gasteiger charge is 2.24. The van der Waals surface area contributed by atoms with Crippen molar-refractivity contribution in [3.8, 4) is 0 Å². The predicted molar refractivity (Wildman–Crippen MR) is 84.6 cm³/mol. The van der Waals surface area contributed by atoms with Gasteiger partial charge in [0.25, 0.3) is 0 Å². The molecule has 0 atom stereocenters. The molecule has 3 aromatic rings. The van der Waals surface area contributed by atoms with Crippen LogP contribution < -0.4 is 0 Å². The lowest BCUT2D eigenvalue weighted by atomic mass is 10.2. The molecule has 1 heterocycles. The number of hydrogen-bond donors (Lipinski definition) is 1. The number of aromatic nitrogens is 2. The third kappa shape index (κ3) is 3.50. The molecule has 130 valence electrons. The maximum absolute atomic E-state index is 13.5. The van der Waals surface area contributed by atoms with E-state index in [1.54, 1.807) is 0 Å². The number of carbonyl (C=O) groups is 1. The number of nitrogens with zero attached hydrogens (tertiary/aromatic N) is 2. The van der Waals surface area contributed by atoms with Gasteiger partial charge in [0, 0.05) is 5.39 Å². The van der Waals surface area contributed by atoms with Gasteiger partial charge in [-0.1, -0.05) is 12.1 Å². The Morgan fingerprint density at radius 1 is 1.08 bits per heavy atom. The number of benzene rings is 2. The molecule has 0 radical (unpaired) electrons. The van der Waals surface area contributed by atoms with E-state index in [1.807, 2.05) is 0 Å². The fourth-order valence-corrected chi connectivity index (χ4v) is 3.96. The van der Waals surface area contributed by atoms with Crippen LogP contribution in [0.25, 0.3) is 10.9 Å². The van der Waals surface area contributed by atoms with Crippen molar-refractivity contribution < 1.29 is 27.1 Å². The van der Waals surface area contributed by atoms with Crippen molar-refractivity contribution in [2.75, 3.05) is 0 Å². The van der Waals surface area contributed by atoms with Gasteiger partial charge in [-0.05, 0) is 35.9 Å². The maximum Gasteiger partial charge on any atom is 0.325 e. The van der Waals surface area contributed by atoms with Crippen molar-refractivity contribution in [3.63, 3.8) is 0 Å². The molecule has 0 amide bonds. The zero-order valence-electron chi connectivity index (χ0n) is 12.7. The lowest BCUT2D eigenvalue weighted by Gasteiger charge is -2.02. The van der Waals surface area contributed by atoms with Gasteiger partial charge < -0.3 is 5.11 Å². The number of hydrogen-bond acceptors (Lipinski definition) is 4. The minimum absolute atomic E-state index is 0.0695. The number of aliphatic carboxylic acids is 1. The summed E-state index contributed by atoms with van der Waals surface area (Å²) in [6, 6.07) is 8.30. The fourth-order valence-electron chi connectivity index (χ4n) is 2.46.